The molecule has 1 amide bonds. The van der Waals surface area contributed by atoms with Crippen LogP contribution in [-0.4, -0.2) is 33.6 Å². The first-order valence-corrected chi connectivity index (χ1v) is 14.7. The molecule has 6 heteroatoms. The van der Waals surface area contributed by atoms with Gasteiger partial charge in [0.15, 0.2) is 5.78 Å². The molecule has 0 fully saturated rings. The van der Waals surface area contributed by atoms with Crippen LogP contribution in [-0.2, 0) is 4.79 Å². The maximum atomic E-state index is 13.9. The zero-order valence-electron chi connectivity index (χ0n) is 20.3. The van der Waals surface area contributed by atoms with Gasteiger partial charge in [0.1, 0.15) is 10.9 Å². The SMILES string of the molecule is CC1=NC(=O)C(=P(c2ccccc2)(c2ccccc2)c2ccccc2)C(SCC(=O)c2ccccc2)=N1. The predicted molar refractivity (Wildman–Crippen MR) is 159 cm³/mol. The highest BCUT2D eigenvalue weighted by atomic mass is 32.2. The number of thioether (sulfide) groups is 1. The van der Waals surface area contributed by atoms with Crippen molar-refractivity contribution in [2.24, 2.45) is 9.98 Å². The van der Waals surface area contributed by atoms with Gasteiger partial charge in [-0.3, -0.25) is 9.59 Å². The highest BCUT2D eigenvalue weighted by Gasteiger charge is 2.37. The van der Waals surface area contributed by atoms with Crippen LogP contribution in [0, 0.1) is 0 Å². The number of Topliss-reactive ketones (excluding diaryl/α,β-unsaturated/α-hetero) is 1. The number of amides is 1. The molecule has 4 nitrogen and oxygen atoms in total. The molecule has 0 N–H and O–H groups in total. The van der Waals surface area contributed by atoms with Crippen molar-refractivity contribution in [1.82, 2.24) is 0 Å². The number of benzene rings is 4. The number of carbonyl (C=O) groups excluding carboxylic acids is 2. The van der Waals surface area contributed by atoms with E-state index in [1.54, 1.807) is 6.92 Å². The van der Waals surface area contributed by atoms with Crippen molar-refractivity contribution in [2.75, 3.05) is 5.75 Å². The first-order chi connectivity index (χ1) is 18.1. The lowest BCUT2D eigenvalue weighted by molar-refractivity contribution is -0.111. The minimum absolute atomic E-state index is 0.0108. The molecule has 1 heterocycles. The number of hydrogen-bond acceptors (Lipinski definition) is 4. The molecule has 0 unspecified atom stereocenters. The first kappa shape index (κ1) is 24.9. The lowest BCUT2D eigenvalue weighted by Gasteiger charge is -2.32. The summed E-state index contributed by atoms with van der Waals surface area (Å²) in [4.78, 5) is 36.0. The van der Waals surface area contributed by atoms with Crippen molar-refractivity contribution >= 4 is 62.4 Å². The Morgan fingerprint density at radius 1 is 0.676 bits per heavy atom. The second-order valence-corrected chi connectivity index (χ2v) is 12.8. The number of ketones is 1. The van der Waals surface area contributed by atoms with Gasteiger partial charge in [0, 0.05) is 5.56 Å². The zero-order valence-corrected chi connectivity index (χ0v) is 22.0. The molecule has 4 aromatic carbocycles. The Balaban J connectivity index is 1.80. The van der Waals surface area contributed by atoms with Crippen LogP contribution in [0.25, 0.3) is 0 Å². The van der Waals surface area contributed by atoms with Crippen LogP contribution < -0.4 is 15.9 Å². The molecule has 4 aromatic rings. The molecule has 37 heavy (non-hydrogen) atoms. The summed E-state index contributed by atoms with van der Waals surface area (Å²) in [5.41, 5.74) is 0.639. The largest absolute Gasteiger partial charge is 0.293 e. The Kier molecular flexibility index (Phi) is 7.45. The second-order valence-electron chi connectivity index (χ2n) is 8.49. The minimum Gasteiger partial charge on any atom is -0.293 e. The van der Waals surface area contributed by atoms with E-state index in [1.165, 1.54) is 11.8 Å². The summed E-state index contributed by atoms with van der Waals surface area (Å²) < 4.78 is 0. The number of amidine groups is 1. The number of aliphatic imine (C=N–C) groups is 2. The second kappa shape index (κ2) is 11.1. The summed E-state index contributed by atoms with van der Waals surface area (Å²) >= 11 is 1.32. The van der Waals surface area contributed by atoms with Crippen LogP contribution in [0.2, 0.25) is 0 Å². The molecule has 0 spiro atoms. The van der Waals surface area contributed by atoms with Crippen LogP contribution >= 0.6 is 18.6 Å². The van der Waals surface area contributed by atoms with Gasteiger partial charge in [-0.25, -0.2) is 4.99 Å². The van der Waals surface area contributed by atoms with Crippen molar-refractivity contribution in [1.29, 1.82) is 0 Å². The average molecular weight is 521 g/mol. The number of nitrogens with zero attached hydrogens (tertiary/aromatic N) is 2. The van der Waals surface area contributed by atoms with Gasteiger partial charge >= 0.3 is 0 Å². The third-order valence-electron chi connectivity index (χ3n) is 6.13. The Bertz CT molecular complexity index is 1440. The van der Waals surface area contributed by atoms with E-state index in [2.05, 4.69) is 41.4 Å². The van der Waals surface area contributed by atoms with E-state index in [-0.39, 0.29) is 17.4 Å². The zero-order chi connectivity index (χ0) is 25.7. The Morgan fingerprint density at radius 2 is 1.11 bits per heavy atom. The third-order valence-corrected chi connectivity index (χ3v) is 11.6. The smallest absolute Gasteiger partial charge is 0.282 e. The number of hydrogen-bond donors (Lipinski definition) is 0. The van der Waals surface area contributed by atoms with Crippen molar-refractivity contribution in [3.8, 4) is 0 Å². The van der Waals surface area contributed by atoms with Crippen LogP contribution in [0.3, 0.4) is 0 Å². The standard InChI is InChI=1S/C31H25N2O2PS/c1-23-32-30(35)29(31(33-23)37-22-28(34)24-14-6-2-7-15-24)36(25-16-8-3-9-17-25,26-18-10-4-11-19-26)27-20-12-5-13-21-27/h2-21H,22H2,1H3. The highest BCUT2D eigenvalue weighted by Crippen LogP contribution is 2.48. The molecule has 0 atom stereocenters. The van der Waals surface area contributed by atoms with E-state index in [9.17, 15) is 9.59 Å². The summed E-state index contributed by atoms with van der Waals surface area (Å²) in [6.45, 7) is -0.978. The molecule has 1 aliphatic rings. The number of rotatable bonds is 6. The minimum atomic E-state index is -2.70. The fourth-order valence-corrected chi connectivity index (χ4v) is 10.2. The molecular formula is C31H25N2O2PS. The lowest BCUT2D eigenvalue weighted by Crippen LogP contribution is -2.38. The summed E-state index contributed by atoms with van der Waals surface area (Å²) in [5.74, 6) is 0.261. The first-order valence-electron chi connectivity index (χ1n) is 11.9. The van der Waals surface area contributed by atoms with Gasteiger partial charge < -0.3 is 0 Å². The summed E-state index contributed by atoms with van der Waals surface area (Å²) in [6, 6.07) is 39.6. The van der Waals surface area contributed by atoms with Crippen LogP contribution in [0.5, 0.6) is 0 Å². The fourth-order valence-electron chi connectivity index (χ4n) is 4.53. The number of carbonyl (C=O) groups is 2. The van der Waals surface area contributed by atoms with Crippen molar-refractivity contribution in [3.05, 3.63) is 127 Å². The maximum Gasteiger partial charge on any atom is 0.282 e. The Labute approximate surface area is 221 Å². The summed E-state index contributed by atoms with van der Waals surface area (Å²) in [6.07, 6.45) is 0. The normalized spacial score (nSPS) is 13.6. The highest BCUT2D eigenvalue weighted by molar-refractivity contribution is 8.19. The van der Waals surface area contributed by atoms with Crippen LogP contribution in [0.15, 0.2) is 131 Å². The molecule has 182 valence electrons. The van der Waals surface area contributed by atoms with E-state index in [0.717, 1.165) is 15.9 Å². The van der Waals surface area contributed by atoms with Crippen molar-refractivity contribution in [3.63, 3.8) is 0 Å². The van der Waals surface area contributed by atoms with Gasteiger partial charge in [0.05, 0.1) is 11.0 Å². The Morgan fingerprint density at radius 3 is 1.57 bits per heavy atom. The monoisotopic (exact) mass is 520 g/mol. The van der Waals surface area contributed by atoms with Crippen LogP contribution in [0.4, 0.5) is 0 Å². The molecular weight excluding hydrogens is 495 g/mol. The summed E-state index contributed by atoms with van der Waals surface area (Å²) in [5, 5.41) is 4.23. The fraction of sp³-hybridized carbons (Fsp3) is 0.0645. The van der Waals surface area contributed by atoms with Gasteiger partial charge in [0.25, 0.3) is 5.91 Å². The predicted octanol–water partition coefficient (Wildman–Crippen LogP) is 5.13. The molecule has 0 aliphatic carbocycles. The van der Waals surface area contributed by atoms with Gasteiger partial charge in [0.2, 0.25) is 0 Å². The third kappa shape index (κ3) is 4.93. The molecule has 0 saturated carbocycles. The van der Waals surface area contributed by atoms with Crippen molar-refractivity contribution in [2.45, 2.75) is 6.92 Å². The van der Waals surface area contributed by atoms with E-state index in [0.29, 0.717) is 21.7 Å². The van der Waals surface area contributed by atoms with Crippen LogP contribution in [0.1, 0.15) is 17.3 Å². The summed E-state index contributed by atoms with van der Waals surface area (Å²) in [7, 11) is 0. The van der Waals surface area contributed by atoms with Gasteiger partial charge in [-0.05, 0) is 29.7 Å². The topological polar surface area (TPSA) is 58.9 Å². The van der Waals surface area contributed by atoms with E-state index in [1.807, 2.05) is 84.9 Å². The van der Waals surface area contributed by atoms with Gasteiger partial charge in [-0.1, -0.05) is 133 Å². The van der Waals surface area contributed by atoms with Crippen molar-refractivity contribution < 1.29 is 9.59 Å². The molecule has 5 rings (SSSR count). The van der Waals surface area contributed by atoms with Gasteiger partial charge in [-0.2, -0.15) is 4.99 Å². The maximum absolute atomic E-state index is 13.9. The van der Waals surface area contributed by atoms with E-state index >= 15 is 0 Å². The molecule has 0 radical (unpaired) electrons. The van der Waals surface area contributed by atoms with E-state index < -0.39 is 6.89 Å². The quantitative estimate of drug-likeness (QED) is 0.262. The molecule has 0 bridgehead atoms. The molecule has 0 saturated heterocycles. The lowest BCUT2D eigenvalue weighted by atomic mass is 10.2. The Hall–Kier alpha value is -3.79. The van der Waals surface area contributed by atoms with Gasteiger partial charge in [-0.15, -0.1) is 0 Å². The molecule has 0 aromatic heterocycles. The molecule has 1 aliphatic heterocycles. The average Bonchev–Trinajstić information content (AvgIpc) is 2.95. The van der Waals surface area contributed by atoms with E-state index in [4.69, 9.17) is 4.99 Å².